The maximum atomic E-state index is 12.2. The molecule has 1 aromatic heterocycles. The van der Waals surface area contributed by atoms with Gasteiger partial charge >= 0.3 is 0 Å². The summed E-state index contributed by atoms with van der Waals surface area (Å²) in [5.41, 5.74) is 1.77. The van der Waals surface area contributed by atoms with E-state index in [4.69, 9.17) is 4.74 Å². The summed E-state index contributed by atoms with van der Waals surface area (Å²) in [7, 11) is 1.62. The van der Waals surface area contributed by atoms with Gasteiger partial charge in [-0.2, -0.15) is 0 Å². The molecule has 1 aliphatic heterocycles. The number of unbranched alkanes of at least 4 members (excludes halogenated alkanes) is 1. The van der Waals surface area contributed by atoms with Crippen molar-refractivity contribution in [3.8, 4) is 16.9 Å². The van der Waals surface area contributed by atoms with Crippen LogP contribution in [-0.2, 0) is 0 Å². The third-order valence-corrected chi connectivity index (χ3v) is 5.13. The largest absolute Gasteiger partial charge is 0.497 e. The van der Waals surface area contributed by atoms with Crippen molar-refractivity contribution < 1.29 is 14.6 Å². The van der Waals surface area contributed by atoms with Crippen LogP contribution in [0, 0.1) is 0 Å². The molecule has 0 saturated carbocycles. The molecule has 3 rings (SSSR count). The predicted molar refractivity (Wildman–Crippen MR) is 107 cm³/mol. The van der Waals surface area contributed by atoms with Gasteiger partial charge in [-0.25, -0.2) is 9.97 Å². The van der Waals surface area contributed by atoms with Crippen molar-refractivity contribution in [2.75, 3.05) is 33.4 Å². The van der Waals surface area contributed by atoms with Crippen molar-refractivity contribution in [2.45, 2.75) is 31.7 Å². The van der Waals surface area contributed by atoms with Crippen LogP contribution in [-0.4, -0.2) is 65.3 Å². The highest BCUT2D eigenvalue weighted by Gasteiger charge is 2.22. The number of carbonyl (C=O) groups excluding carboxylic acids is 1. The molecule has 28 heavy (non-hydrogen) atoms. The van der Waals surface area contributed by atoms with E-state index in [1.54, 1.807) is 19.5 Å². The van der Waals surface area contributed by atoms with E-state index in [1.807, 2.05) is 24.3 Å². The first kappa shape index (κ1) is 20.2. The zero-order valence-electron chi connectivity index (χ0n) is 16.3. The molecule has 0 spiro atoms. The SMILES string of the molecule is COc1cccc(-c2cnc(C(=O)NCCCCN3CCCC3CO)nc2)c1. The molecular weight excluding hydrogens is 356 g/mol. The minimum atomic E-state index is -0.258. The summed E-state index contributed by atoms with van der Waals surface area (Å²) in [4.78, 5) is 22.9. The van der Waals surface area contributed by atoms with Crippen LogP contribution < -0.4 is 10.1 Å². The lowest BCUT2D eigenvalue weighted by atomic mass is 10.1. The van der Waals surface area contributed by atoms with Crippen molar-refractivity contribution in [1.82, 2.24) is 20.2 Å². The Hall–Kier alpha value is -2.51. The second kappa shape index (κ2) is 10.1. The van der Waals surface area contributed by atoms with Crippen LogP contribution in [0.3, 0.4) is 0 Å². The van der Waals surface area contributed by atoms with Crippen LogP contribution in [0.1, 0.15) is 36.3 Å². The Morgan fingerprint density at radius 1 is 1.29 bits per heavy atom. The monoisotopic (exact) mass is 384 g/mol. The van der Waals surface area contributed by atoms with Gasteiger partial charge in [-0.3, -0.25) is 9.69 Å². The number of hydrogen-bond donors (Lipinski definition) is 2. The molecule has 0 radical (unpaired) electrons. The molecule has 7 nitrogen and oxygen atoms in total. The van der Waals surface area contributed by atoms with E-state index in [-0.39, 0.29) is 18.3 Å². The highest BCUT2D eigenvalue weighted by Crippen LogP contribution is 2.22. The van der Waals surface area contributed by atoms with Gasteiger partial charge in [0.15, 0.2) is 0 Å². The molecule has 1 fully saturated rings. The van der Waals surface area contributed by atoms with E-state index in [1.165, 1.54) is 0 Å². The number of methoxy groups -OCH3 is 1. The fourth-order valence-electron chi connectivity index (χ4n) is 3.51. The lowest BCUT2D eigenvalue weighted by Crippen LogP contribution is -2.33. The van der Waals surface area contributed by atoms with Crippen molar-refractivity contribution in [2.24, 2.45) is 0 Å². The molecule has 1 unspecified atom stereocenters. The van der Waals surface area contributed by atoms with E-state index < -0.39 is 0 Å². The maximum absolute atomic E-state index is 12.2. The lowest BCUT2D eigenvalue weighted by Gasteiger charge is -2.22. The van der Waals surface area contributed by atoms with E-state index >= 15 is 0 Å². The number of nitrogens with zero attached hydrogens (tertiary/aromatic N) is 3. The van der Waals surface area contributed by atoms with Gasteiger partial charge in [-0.15, -0.1) is 0 Å². The number of amides is 1. The minimum absolute atomic E-state index is 0.173. The molecular formula is C21H28N4O3. The first-order valence-corrected chi connectivity index (χ1v) is 9.81. The highest BCUT2D eigenvalue weighted by molar-refractivity contribution is 5.90. The average Bonchev–Trinajstić information content (AvgIpc) is 3.21. The van der Waals surface area contributed by atoms with Crippen molar-refractivity contribution >= 4 is 5.91 Å². The predicted octanol–water partition coefficient (Wildman–Crippen LogP) is 2.12. The van der Waals surface area contributed by atoms with Crippen LogP contribution in [0.4, 0.5) is 0 Å². The van der Waals surface area contributed by atoms with Gasteiger partial charge in [0.25, 0.3) is 5.91 Å². The fourth-order valence-corrected chi connectivity index (χ4v) is 3.51. The number of likely N-dealkylation sites (tertiary alicyclic amines) is 1. The number of carbonyl (C=O) groups is 1. The number of rotatable bonds is 9. The second-order valence-electron chi connectivity index (χ2n) is 7.00. The summed E-state index contributed by atoms with van der Waals surface area (Å²) < 4.78 is 5.23. The first-order valence-electron chi connectivity index (χ1n) is 9.81. The number of aromatic nitrogens is 2. The summed E-state index contributed by atoms with van der Waals surface area (Å²) in [5, 5.41) is 12.2. The number of ether oxygens (including phenoxy) is 1. The summed E-state index contributed by atoms with van der Waals surface area (Å²) in [6.45, 7) is 2.86. The zero-order chi connectivity index (χ0) is 19.8. The third-order valence-electron chi connectivity index (χ3n) is 5.13. The number of aliphatic hydroxyl groups is 1. The molecule has 1 atom stereocenters. The number of hydrogen-bond acceptors (Lipinski definition) is 6. The second-order valence-corrected chi connectivity index (χ2v) is 7.00. The van der Waals surface area contributed by atoms with Gasteiger partial charge in [0, 0.05) is 30.5 Å². The van der Waals surface area contributed by atoms with Crippen molar-refractivity contribution in [1.29, 1.82) is 0 Å². The normalized spacial score (nSPS) is 16.9. The van der Waals surface area contributed by atoms with E-state index in [9.17, 15) is 9.90 Å². The minimum Gasteiger partial charge on any atom is -0.497 e. The Bertz CT molecular complexity index is 767. The van der Waals surface area contributed by atoms with E-state index in [2.05, 4.69) is 20.2 Å². The zero-order valence-corrected chi connectivity index (χ0v) is 16.3. The summed E-state index contributed by atoms with van der Waals surface area (Å²) in [6, 6.07) is 7.94. The Kier molecular flexibility index (Phi) is 7.33. The highest BCUT2D eigenvalue weighted by atomic mass is 16.5. The number of benzene rings is 1. The molecule has 7 heteroatoms. The van der Waals surface area contributed by atoms with Crippen molar-refractivity contribution in [3.05, 3.63) is 42.5 Å². The summed E-state index contributed by atoms with van der Waals surface area (Å²) in [6.07, 6.45) is 7.42. The average molecular weight is 384 g/mol. The lowest BCUT2D eigenvalue weighted by molar-refractivity contribution is 0.0941. The van der Waals surface area contributed by atoms with E-state index in [0.717, 1.165) is 55.6 Å². The van der Waals surface area contributed by atoms with Crippen LogP contribution in [0.25, 0.3) is 11.1 Å². The Morgan fingerprint density at radius 2 is 2.11 bits per heavy atom. The third kappa shape index (κ3) is 5.27. The van der Waals surface area contributed by atoms with Crippen LogP contribution in [0.2, 0.25) is 0 Å². The number of aliphatic hydroxyl groups excluding tert-OH is 1. The van der Waals surface area contributed by atoms with Gasteiger partial charge in [-0.1, -0.05) is 12.1 Å². The maximum Gasteiger partial charge on any atom is 0.289 e. The molecule has 2 N–H and O–H groups in total. The van der Waals surface area contributed by atoms with E-state index in [0.29, 0.717) is 12.6 Å². The molecule has 150 valence electrons. The molecule has 1 saturated heterocycles. The smallest absolute Gasteiger partial charge is 0.289 e. The molecule has 1 aliphatic rings. The fraction of sp³-hybridized carbons (Fsp3) is 0.476. The van der Waals surface area contributed by atoms with Gasteiger partial charge in [-0.05, 0) is 56.5 Å². The molecule has 2 aromatic rings. The van der Waals surface area contributed by atoms with Crippen molar-refractivity contribution in [3.63, 3.8) is 0 Å². The van der Waals surface area contributed by atoms with Crippen LogP contribution in [0.15, 0.2) is 36.7 Å². The molecule has 0 aliphatic carbocycles. The Balaban J connectivity index is 1.43. The van der Waals surface area contributed by atoms with Gasteiger partial charge in [0.1, 0.15) is 5.75 Å². The van der Waals surface area contributed by atoms with Gasteiger partial charge in [0.2, 0.25) is 5.82 Å². The topological polar surface area (TPSA) is 87.6 Å². The Labute approximate surface area is 165 Å². The summed E-state index contributed by atoms with van der Waals surface area (Å²) >= 11 is 0. The molecule has 1 aromatic carbocycles. The molecule has 1 amide bonds. The number of nitrogens with one attached hydrogen (secondary N) is 1. The van der Waals surface area contributed by atoms with Gasteiger partial charge in [0.05, 0.1) is 13.7 Å². The van der Waals surface area contributed by atoms with Gasteiger partial charge < -0.3 is 15.2 Å². The molecule has 0 bridgehead atoms. The molecule has 2 heterocycles. The Morgan fingerprint density at radius 3 is 2.86 bits per heavy atom. The standard InChI is InChI=1S/C21H28N4O3/c1-28-19-8-4-6-16(12-19)17-13-23-20(24-14-17)21(27)22-9-2-3-10-25-11-5-7-18(25)15-26/h4,6,8,12-14,18,26H,2-3,5,7,9-11,15H2,1H3,(H,22,27). The quantitative estimate of drug-likeness (QED) is 0.644. The summed E-state index contributed by atoms with van der Waals surface area (Å²) in [5.74, 6) is 0.677. The van der Waals surface area contributed by atoms with Crippen LogP contribution in [0.5, 0.6) is 5.75 Å². The van der Waals surface area contributed by atoms with Crippen LogP contribution >= 0.6 is 0 Å². The first-order chi connectivity index (χ1) is 13.7.